The first kappa shape index (κ1) is 16.3. The Morgan fingerprint density at radius 2 is 2.32 bits per heavy atom. The number of esters is 1. The maximum absolute atomic E-state index is 12.7. The molecule has 1 saturated heterocycles. The number of fused-ring (bicyclic) bond motifs is 1. The first-order chi connectivity index (χ1) is 10.5. The Balaban J connectivity index is 2.53. The minimum Gasteiger partial charge on any atom is -0.481 e. The molecule has 120 valence electrons. The minimum atomic E-state index is -1.16. The maximum Gasteiger partial charge on any atom is 0.318 e. The number of ether oxygens (including phenoxy) is 1. The highest BCUT2D eigenvalue weighted by Crippen LogP contribution is 2.53. The van der Waals surface area contributed by atoms with Crippen molar-refractivity contribution in [3.05, 3.63) is 24.4 Å². The number of carboxylic acids is 1. The Kier molecular flexibility index (Phi) is 4.68. The molecule has 1 fully saturated rings. The van der Waals surface area contributed by atoms with Gasteiger partial charge in [0.1, 0.15) is 5.41 Å². The van der Waals surface area contributed by atoms with E-state index < -0.39 is 23.3 Å². The molecule has 1 amide bonds. The Labute approximate surface area is 129 Å². The molecule has 0 aromatic heterocycles. The van der Waals surface area contributed by atoms with Crippen LogP contribution in [0.15, 0.2) is 24.4 Å². The van der Waals surface area contributed by atoms with Gasteiger partial charge in [-0.15, -0.1) is 6.58 Å². The fraction of sp³-hybridized carbons (Fsp3) is 0.562. The van der Waals surface area contributed by atoms with Gasteiger partial charge in [-0.1, -0.05) is 12.2 Å². The van der Waals surface area contributed by atoms with E-state index in [0.29, 0.717) is 12.1 Å². The van der Waals surface area contributed by atoms with E-state index in [0.717, 1.165) is 12.8 Å². The number of rotatable bonds is 6. The smallest absolute Gasteiger partial charge is 0.318 e. The lowest BCUT2D eigenvalue weighted by molar-refractivity contribution is -0.159. The summed E-state index contributed by atoms with van der Waals surface area (Å²) in [5.74, 6) is -2.82. The molecule has 0 saturated carbocycles. The summed E-state index contributed by atoms with van der Waals surface area (Å²) in [4.78, 5) is 38.0. The van der Waals surface area contributed by atoms with Crippen molar-refractivity contribution in [1.82, 2.24) is 4.90 Å². The Bertz CT molecular complexity index is 539. The van der Waals surface area contributed by atoms with Crippen molar-refractivity contribution >= 4 is 17.8 Å². The highest BCUT2D eigenvalue weighted by atomic mass is 16.5. The summed E-state index contributed by atoms with van der Waals surface area (Å²) in [7, 11) is 0. The van der Waals surface area contributed by atoms with Gasteiger partial charge in [0.15, 0.2) is 0 Å². The van der Waals surface area contributed by atoms with E-state index in [-0.39, 0.29) is 25.5 Å². The summed E-state index contributed by atoms with van der Waals surface area (Å²) in [6.45, 7) is 5.80. The van der Waals surface area contributed by atoms with Crippen LogP contribution in [0.2, 0.25) is 0 Å². The maximum atomic E-state index is 12.7. The molecule has 2 atom stereocenters. The van der Waals surface area contributed by atoms with Crippen molar-refractivity contribution in [1.29, 1.82) is 0 Å². The molecule has 2 aliphatic rings. The molecule has 22 heavy (non-hydrogen) atoms. The lowest BCUT2D eigenvalue weighted by Crippen LogP contribution is -2.41. The van der Waals surface area contributed by atoms with E-state index in [1.807, 2.05) is 6.08 Å². The molecule has 1 aliphatic carbocycles. The third kappa shape index (κ3) is 2.42. The van der Waals surface area contributed by atoms with Crippen molar-refractivity contribution in [3.63, 3.8) is 0 Å². The van der Waals surface area contributed by atoms with Crippen LogP contribution in [-0.2, 0) is 19.1 Å². The van der Waals surface area contributed by atoms with Gasteiger partial charge in [-0.2, -0.15) is 0 Å². The van der Waals surface area contributed by atoms with Gasteiger partial charge in [-0.05, 0) is 26.2 Å². The summed E-state index contributed by atoms with van der Waals surface area (Å²) < 4.78 is 5.20. The van der Waals surface area contributed by atoms with Crippen LogP contribution < -0.4 is 0 Å². The normalized spacial score (nSPS) is 27.1. The number of hydrogen-bond acceptors (Lipinski definition) is 4. The summed E-state index contributed by atoms with van der Waals surface area (Å²) in [6, 6.07) is 0. The predicted octanol–water partition coefficient (Wildman–Crippen LogP) is 1.72. The molecule has 0 spiro atoms. The monoisotopic (exact) mass is 307 g/mol. The lowest BCUT2D eigenvalue weighted by atomic mass is 9.68. The van der Waals surface area contributed by atoms with Crippen LogP contribution in [0.3, 0.4) is 0 Å². The summed E-state index contributed by atoms with van der Waals surface area (Å²) >= 11 is 0. The average molecular weight is 307 g/mol. The Morgan fingerprint density at radius 3 is 2.91 bits per heavy atom. The molecule has 0 bridgehead atoms. The molecule has 6 heteroatoms. The number of amides is 1. The van der Waals surface area contributed by atoms with Gasteiger partial charge in [-0.3, -0.25) is 14.4 Å². The molecule has 6 nitrogen and oxygen atoms in total. The van der Waals surface area contributed by atoms with E-state index in [9.17, 15) is 14.4 Å². The van der Waals surface area contributed by atoms with Gasteiger partial charge in [-0.25, -0.2) is 0 Å². The second-order valence-corrected chi connectivity index (χ2v) is 5.56. The number of aliphatic carboxylic acids is 1. The number of likely N-dealkylation sites (tertiary alicyclic amines) is 1. The molecule has 0 aromatic rings. The molecular formula is C16H21NO5. The molecule has 0 aromatic carbocycles. The zero-order valence-corrected chi connectivity index (χ0v) is 12.7. The number of carboxylic acid groups (broad SMARTS) is 1. The van der Waals surface area contributed by atoms with Crippen molar-refractivity contribution in [2.24, 2.45) is 11.3 Å². The number of nitrogens with zero attached hydrogens (tertiary/aromatic N) is 1. The topological polar surface area (TPSA) is 83.9 Å². The predicted molar refractivity (Wildman–Crippen MR) is 78.7 cm³/mol. The summed E-state index contributed by atoms with van der Waals surface area (Å²) in [5.41, 5.74) is -0.569. The van der Waals surface area contributed by atoms with Crippen LogP contribution >= 0.6 is 0 Å². The van der Waals surface area contributed by atoms with Gasteiger partial charge in [0, 0.05) is 12.2 Å². The van der Waals surface area contributed by atoms with Gasteiger partial charge < -0.3 is 14.7 Å². The van der Waals surface area contributed by atoms with E-state index in [4.69, 9.17) is 9.84 Å². The van der Waals surface area contributed by atoms with Crippen molar-refractivity contribution in [2.45, 2.75) is 32.6 Å². The van der Waals surface area contributed by atoms with E-state index in [2.05, 4.69) is 6.58 Å². The highest BCUT2D eigenvalue weighted by Gasteiger charge is 2.61. The first-order valence-corrected chi connectivity index (χ1v) is 7.51. The second-order valence-electron chi connectivity index (χ2n) is 5.56. The van der Waals surface area contributed by atoms with Crippen LogP contribution in [0.4, 0.5) is 0 Å². The summed E-state index contributed by atoms with van der Waals surface area (Å²) in [5, 5.41) is 9.16. The zero-order valence-electron chi connectivity index (χ0n) is 12.7. The van der Waals surface area contributed by atoms with Crippen LogP contribution in [0.1, 0.15) is 32.6 Å². The highest BCUT2D eigenvalue weighted by molar-refractivity contribution is 5.98. The van der Waals surface area contributed by atoms with Crippen LogP contribution in [0.25, 0.3) is 0 Å². The second kappa shape index (κ2) is 6.34. The number of carbonyl (C=O) groups is 3. The minimum absolute atomic E-state index is 0.198. The van der Waals surface area contributed by atoms with Crippen molar-refractivity contribution < 1.29 is 24.2 Å². The molecule has 1 heterocycles. The van der Waals surface area contributed by atoms with Crippen LogP contribution in [-0.4, -0.2) is 41.0 Å². The van der Waals surface area contributed by atoms with Gasteiger partial charge in [0.05, 0.1) is 18.9 Å². The van der Waals surface area contributed by atoms with Crippen molar-refractivity contribution in [2.75, 3.05) is 13.2 Å². The number of allylic oxidation sites excluding steroid dienone is 1. The van der Waals surface area contributed by atoms with E-state index in [1.165, 1.54) is 4.90 Å². The lowest BCUT2D eigenvalue weighted by Gasteiger charge is -2.35. The molecule has 0 unspecified atom stereocenters. The first-order valence-electron chi connectivity index (χ1n) is 7.51. The number of hydrogen-bond donors (Lipinski definition) is 1. The molecule has 2 rings (SSSR count). The Hall–Kier alpha value is -2.11. The van der Waals surface area contributed by atoms with Gasteiger partial charge >= 0.3 is 11.9 Å². The molecule has 0 radical (unpaired) electrons. The Morgan fingerprint density at radius 1 is 1.59 bits per heavy atom. The average Bonchev–Trinajstić information content (AvgIpc) is 2.71. The third-order valence-corrected chi connectivity index (χ3v) is 4.35. The molecule has 1 N–H and O–H groups in total. The van der Waals surface area contributed by atoms with Crippen LogP contribution in [0.5, 0.6) is 0 Å². The zero-order chi connectivity index (χ0) is 16.3. The van der Waals surface area contributed by atoms with Crippen molar-refractivity contribution in [3.8, 4) is 0 Å². The number of carbonyl (C=O) groups excluding carboxylic acids is 2. The quantitative estimate of drug-likeness (QED) is 0.596. The SMILES string of the molecule is C=CCN1C(=O)[C@H](CC(=O)O)[C@@]2(C(=O)OCC)CCCC=C12. The largest absolute Gasteiger partial charge is 0.481 e. The fourth-order valence-electron chi connectivity index (χ4n) is 3.51. The third-order valence-electron chi connectivity index (χ3n) is 4.35. The van der Waals surface area contributed by atoms with E-state index >= 15 is 0 Å². The summed E-state index contributed by atoms with van der Waals surface area (Å²) in [6.07, 6.45) is 5.00. The molecular weight excluding hydrogens is 286 g/mol. The van der Waals surface area contributed by atoms with Gasteiger partial charge in [0.2, 0.25) is 5.91 Å². The van der Waals surface area contributed by atoms with E-state index in [1.54, 1.807) is 13.0 Å². The standard InChI is InChI=1S/C16H21NO5/c1-3-9-17-12-7-5-6-8-16(12,15(21)22-4-2)11(14(17)20)10-13(18)19/h3,7,11H,1,4-6,8-10H2,2H3,(H,18,19)/t11-,16-/m0/s1. The van der Waals surface area contributed by atoms with Crippen LogP contribution in [0, 0.1) is 11.3 Å². The fourth-order valence-corrected chi connectivity index (χ4v) is 3.51. The van der Waals surface area contributed by atoms with Gasteiger partial charge in [0.25, 0.3) is 0 Å². The molecule has 1 aliphatic heterocycles.